The van der Waals surface area contributed by atoms with Gasteiger partial charge in [0, 0.05) is 44.7 Å². The maximum absolute atomic E-state index is 13.5. The SMILES string of the molecule is OC1CCC(N2CCN(Cc3cccc(F)c3)CC2)C(c2ccc3c(c2)OCO3)C1. The second-order valence-corrected chi connectivity index (χ2v) is 8.70. The molecule has 1 aliphatic carbocycles. The molecule has 1 N–H and O–H groups in total. The molecule has 2 heterocycles. The predicted octanol–water partition coefficient (Wildman–Crippen LogP) is 3.37. The number of benzene rings is 2. The summed E-state index contributed by atoms with van der Waals surface area (Å²) in [5, 5.41) is 10.4. The largest absolute Gasteiger partial charge is 0.454 e. The minimum absolute atomic E-state index is 0.168. The molecule has 0 radical (unpaired) electrons. The molecule has 3 aliphatic rings. The first-order valence-corrected chi connectivity index (χ1v) is 10.9. The summed E-state index contributed by atoms with van der Waals surface area (Å²) in [6.45, 7) is 5.02. The van der Waals surface area contributed by atoms with Crippen molar-refractivity contribution in [1.29, 1.82) is 0 Å². The van der Waals surface area contributed by atoms with Crippen molar-refractivity contribution >= 4 is 0 Å². The van der Waals surface area contributed by atoms with Gasteiger partial charge in [0.25, 0.3) is 0 Å². The standard InChI is InChI=1S/C24H29FN2O3/c25-19-3-1-2-17(12-19)15-26-8-10-27(11-9-26)22-6-5-20(28)14-21(22)18-4-7-23-24(13-18)30-16-29-23/h1-4,7,12-13,20-22,28H,5-6,8-11,14-16H2. The van der Waals surface area contributed by atoms with E-state index >= 15 is 0 Å². The smallest absolute Gasteiger partial charge is 0.231 e. The molecule has 3 unspecified atom stereocenters. The Morgan fingerprint density at radius 1 is 0.967 bits per heavy atom. The Morgan fingerprint density at radius 2 is 1.80 bits per heavy atom. The fraction of sp³-hybridized carbons (Fsp3) is 0.500. The van der Waals surface area contributed by atoms with E-state index in [1.54, 1.807) is 12.1 Å². The van der Waals surface area contributed by atoms with Crippen LogP contribution in [0.25, 0.3) is 0 Å². The maximum Gasteiger partial charge on any atom is 0.231 e. The van der Waals surface area contributed by atoms with Gasteiger partial charge in [0.05, 0.1) is 6.10 Å². The van der Waals surface area contributed by atoms with Crippen molar-refractivity contribution in [3.05, 3.63) is 59.4 Å². The molecule has 6 heteroatoms. The van der Waals surface area contributed by atoms with Crippen molar-refractivity contribution < 1.29 is 19.0 Å². The number of fused-ring (bicyclic) bond motifs is 1. The van der Waals surface area contributed by atoms with Crippen molar-refractivity contribution in [2.75, 3.05) is 33.0 Å². The number of rotatable bonds is 4. The van der Waals surface area contributed by atoms with Crippen LogP contribution in [0.3, 0.4) is 0 Å². The number of aliphatic hydroxyl groups excluding tert-OH is 1. The Kier molecular flexibility index (Phi) is 5.63. The summed E-state index contributed by atoms with van der Waals surface area (Å²) in [7, 11) is 0. The molecule has 0 amide bonds. The van der Waals surface area contributed by atoms with E-state index in [2.05, 4.69) is 21.9 Å². The summed E-state index contributed by atoms with van der Waals surface area (Å²) < 4.78 is 24.5. The molecule has 2 aliphatic heterocycles. The number of hydrogen-bond acceptors (Lipinski definition) is 5. The molecule has 2 aromatic carbocycles. The normalized spacial score (nSPS) is 27.3. The lowest BCUT2D eigenvalue weighted by Gasteiger charge is -2.45. The summed E-state index contributed by atoms with van der Waals surface area (Å²) in [5.41, 5.74) is 2.26. The van der Waals surface area contributed by atoms with E-state index in [0.29, 0.717) is 6.04 Å². The van der Waals surface area contributed by atoms with Crippen LogP contribution < -0.4 is 9.47 Å². The molecule has 30 heavy (non-hydrogen) atoms. The third kappa shape index (κ3) is 4.17. The van der Waals surface area contributed by atoms with Crippen molar-refractivity contribution in [3.8, 4) is 11.5 Å². The molecule has 0 aromatic heterocycles. The number of hydrogen-bond donors (Lipinski definition) is 1. The Hall–Kier alpha value is -2.15. The van der Waals surface area contributed by atoms with Gasteiger partial charge in [0.2, 0.25) is 6.79 Å². The highest BCUT2D eigenvalue weighted by Crippen LogP contribution is 2.41. The van der Waals surface area contributed by atoms with Gasteiger partial charge in [-0.05, 0) is 54.7 Å². The molecule has 0 spiro atoms. The highest BCUT2D eigenvalue weighted by atomic mass is 19.1. The van der Waals surface area contributed by atoms with Crippen LogP contribution in [0.4, 0.5) is 4.39 Å². The van der Waals surface area contributed by atoms with Crippen LogP contribution in [0, 0.1) is 5.82 Å². The van der Waals surface area contributed by atoms with Gasteiger partial charge in [-0.15, -0.1) is 0 Å². The van der Waals surface area contributed by atoms with Gasteiger partial charge >= 0.3 is 0 Å². The van der Waals surface area contributed by atoms with Crippen molar-refractivity contribution in [1.82, 2.24) is 9.80 Å². The molecule has 1 saturated carbocycles. The van der Waals surface area contributed by atoms with E-state index in [9.17, 15) is 9.50 Å². The molecule has 5 rings (SSSR count). The van der Waals surface area contributed by atoms with E-state index in [1.807, 2.05) is 12.1 Å². The second-order valence-electron chi connectivity index (χ2n) is 8.70. The highest BCUT2D eigenvalue weighted by molar-refractivity contribution is 5.46. The lowest BCUT2D eigenvalue weighted by atomic mass is 9.77. The summed E-state index contributed by atoms with van der Waals surface area (Å²) in [6, 6.07) is 13.5. The first kappa shape index (κ1) is 19.8. The van der Waals surface area contributed by atoms with Crippen LogP contribution >= 0.6 is 0 Å². The van der Waals surface area contributed by atoms with Gasteiger partial charge in [0.1, 0.15) is 5.82 Å². The van der Waals surface area contributed by atoms with Crippen LogP contribution in [-0.4, -0.2) is 60.0 Å². The maximum atomic E-state index is 13.5. The zero-order chi connectivity index (χ0) is 20.5. The number of piperazine rings is 1. The number of ether oxygens (including phenoxy) is 2. The van der Waals surface area contributed by atoms with Gasteiger partial charge in [0.15, 0.2) is 11.5 Å². The van der Waals surface area contributed by atoms with Crippen LogP contribution in [0.2, 0.25) is 0 Å². The van der Waals surface area contributed by atoms with E-state index in [1.165, 1.54) is 11.6 Å². The van der Waals surface area contributed by atoms with Gasteiger partial charge in [-0.3, -0.25) is 9.80 Å². The zero-order valence-corrected chi connectivity index (χ0v) is 17.2. The number of nitrogens with zero attached hydrogens (tertiary/aromatic N) is 2. The predicted molar refractivity (Wildman–Crippen MR) is 112 cm³/mol. The minimum atomic E-state index is -0.245. The third-order valence-electron chi connectivity index (χ3n) is 6.78. The van der Waals surface area contributed by atoms with Crippen LogP contribution in [0.1, 0.15) is 36.3 Å². The van der Waals surface area contributed by atoms with Crippen LogP contribution in [0.15, 0.2) is 42.5 Å². The topological polar surface area (TPSA) is 45.2 Å². The summed E-state index contributed by atoms with van der Waals surface area (Å²) in [6.07, 6.45) is 2.40. The second kappa shape index (κ2) is 8.53. The average molecular weight is 413 g/mol. The molecule has 160 valence electrons. The molecular formula is C24H29FN2O3. The van der Waals surface area contributed by atoms with Gasteiger partial charge in [-0.2, -0.15) is 0 Å². The zero-order valence-electron chi connectivity index (χ0n) is 17.2. The highest BCUT2D eigenvalue weighted by Gasteiger charge is 2.36. The van der Waals surface area contributed by atoms with Gasteiger partial charge in [-0.1, -0.05) is 18.2 Å². The Balaban J connectivity index is 1.26. The van der Waals surface area contributed by atoms with Crippen molar-refractivity contribution in [2.24, 2.45) is 0 Å². The van der Waals surface area contributed by atoms with E-state index in [4.69, 9.17) is 9.47 Å². The molecule has 3 atom stereocenters. The van der Waals surface area contributed by atoms with Gasteiger partial charge < -0.3 is 14.6 Å². The molecule has 2 aromatic rings. The Labute approximate surface area is 177 Å². The quantitative estimate of drug-likeness (QED) is 0.834. The summed E-state index contributed by atoms with van der Waals surface area (Å²) in [5.74, 6) is 1.74. The van der Waals surface area contributed by atoms with Gasteiger partial charge in [-0.25, -0.2) is 4.39 Å². The fourth-order valence-electron chi connectivity index (χ4n) is 5.22. The molecule has 5 nitrogen and oxygen atoms in total. The molecule has 0 bridgehead atoms. The molecule has 1 saturated heterocycles. The average Bonchev–Trinajstić information content (AvgIpc) is 3.22. The summed E-state index contributed by atoms with van der Waals surface area (Å²) in [4.78, 5) is 4.99. The first-order chi connectivity index (χ1) is 14.7. The van der Waals surface area contributed by atoms with Crippen LogP contribution in [-0.2, 0) is 6.54 Å². The third-order valence-corrected chi connectivity index (χ3v) is 6.78. The lowest BCUT2D eigenvalue weighted by molar-refractivity contribution is 0.0289. The molecular weight excluding hydrogens is 383 g/mol. The number of halogens is 1. The Bertz CT molecular complexity index is 885. The molecule has 2 fully saturated rings. The summed E-state index contributed by atoms with van der Waals surface area (Å²) >= 11 is 0. The van der Waals surface area contributed by atoms with Crippen molar-refractivity contribution in [2.45, 2.75) is 43.9 Å². The first-order valence-electron chi connectivity index (χ1n) is 10.9. The monoisotopic (exact) mass is 412 g/mol. The minimum Gasteiger partial charge on any atom is -0.454 e. The van der Waals surface area contributed by atoms with E-state index < -0.39 is 0 Å². The van der Waals surface area contributed by atoms with E-state index in [0.717, 1.165) is 69.0 Å². The van der Waals surface area contributed by atoms with Crippen molar-refractivity contribution in [3.63, 3.8) is 0 Å². The fourth-order valence-corrected chi connectivity index (χ4v) is 5.22. The van der Waals surface area contributed by atoms with Crippen LogP contribution in [0.5, 0.6) is 11.5 Å². The number of aliphatic hydroxyl groups is 1. The van der Waals surface area contributed by atoms with E-state index in [-0.39, 0.29) is 24.6 Å². The lowest BCUT2D eigenvalue weighted by Crippen LogP contribution is -2.53. The Morgan fingerprint density at radius 3 is 2.63 bits per heavy atom.